The summed E-state index contributed by atoms with van der Waals surface area (Å²) in [7, 11) is 1.59. The topological polar surface area (TPSA) is 3.24 Å². The van der Waals surface area contributed by atoms with Crippen molar-refractivity contribution in [3.8, 4) is 11.1 Å². The first-order chi connectivity index (χ1) is 14.4. The third kappa shape index (κ3) is 2.41. The van der Waals surface area contributed by atoms with Crippen LogP contribution < -0.4 is 15.7 Å². The average Bonchev–Trinajstić information content (AvgIpc) is 2.78. The molecule has 0 aliphatic carbocycles. The van der Waals surface area contributed by atoms with E-state index in [-0.39, 0.29) is 0 Å². The maximum Gasteiger partial charge on any atom is 0.330 e. The molecule has 0 amide bonds. The second kappa shape index (κ2) is 6.59. The van der Waals surface area contributed by atoms with Gasteiger partial charge < -0.3 is 4.81 Å². The molecule has 1 heterocycles. The van der Waals surface area contributed by atoms with Crippen LogP contribution in [0, 0.1) is 29.1 Å². The number of hydrogen-bond donors (Lipinski definition) is 0. The molecule has 0 fully saturated rings. The highest BCUT2D eigenvalue weighted by atomic mass is 19.2. The summed E-state index contributed by atoms with van der Waals surface area (Å²) in [5, 5.41) is 1.92. The lowest BCUT2D eigenvalue weighted by molar-refractivity contribution is 0.384. The quantitative estimate of drug-likeness (QED) is 0.190. The molecule has 1 aliphatic heterocycles. The normalized spacial score (nSPS) is 12.9. The minimum Gasteiger partial charge on any atom is -0.409 e. The molecule has 1 aliphatic rings. The molecule has 7 heteroatoms. The Labute approximate surface area is 169 Å². The maximum atomic E-state index is 14.7. The molecule has 1 nitrogen and oxygen atoms in total. The Balaban J connectivity index is 1.87. The first kappa shape index (κ1) is 18.7. The van der Waals surface area contributed by atoms with Crippen LogP contribution in [0.2, 0.25) is 0 Å². The number of rotatable bonds is 1. The number of benzene rings is 4. The lowest BCUT2D eigenvalue weighted by Crippen LogP contribution is -2.60. The molecule has 0 saturated heterocycles. The smallest absolute Gasteiger partial charge is 0.330 e. The summed E-state index contributed by atoms with van der Waals surface area (Å²) in [4.78, 5) is 1.56. The fraction of sp³-hybridized carbons (Fsp3) is 0.0435. The molecule has 4 aromatic rings. The van der Waals surface area contributed by atoms with Crippen LogP contribution in [-0.2, 0) is 0 Å². The summed E-state index contributed by atoms with van der Waals surface area (Å²) in [6.07, 6.45) is 0. The van der Waals surface area contributed by atoms with Crippen LogP contribution in [0.4, 0.5) is 27.6 Å². The van der Waals surface area contributed by atoms with Gasteiger partial charge in [0, 0.05) is 16.7 Å². The lowest BCUT2D eigenvalue weighted by atomic mass is 9.45. The highest BCUT2D eigenvalue weighted by Crippen LogP contribution is 2.40. The van der Waals surface area contributed by atoms with Gasteiger partial charge in [-0.1, -0.05) is 54.6 Å². The number of nitrogens with zero attached hydrogens (tertiary/aromatic N) is 1. The molecule has 0 aromatic heterocycles. The van der Waals surface area contributed by atoms with Crippen molar-refractivity contribution in [2.75, 3.05) is 11.9 Å². The van der Waals surface area contributed by atoms with Gasteiger partial charge in [-0.15, -0.1) is 0 Å². The summed E-state index contributed by atoms with van der Waals surface area (Å²) in [6, 6.07) is 18.3. The average molecular weight is 409 g/mol. The largest absolute Gasteiger partial charge is 0.409 e. The van der Waals surface area contributed by atoms with Crippen LogP contribution in [0.5, 0.6) is 0 Å². The molecule has 0 atom stereocenters. The minimum atomic E-state index is -2.16. The summed E-state index contributed by atoms with van der Waals surface area (Å²) in [6.45, 7) is -1.18. The van der Waals surface area contributed by atoms with Crippen molar-refractivity contribution in [1.82, 2.24) is 0 Å². The Bertz CT molecular complexity index is 1310. The van der Waals surface area contributed by atoms with Gasteiger partial charge in [-0.2, -0.15) is 0 Å². The zero-order valence-corrected chi connectivity index (χ0v) is 15.7. The van der Waals surface area contributed by atoms with E-state index < -0.39 is 41.4 Å². The highest BCUT2D eigenvalue weighted by Gasteiger charge is 2.41. The third-order valence-electron chi connectivity index (χ3n) is 5.72. The molecule has 0 bridgehead atoms. The van der Waals surface area contributed by atoms with Crippen molar-refractivity contribution in [3.05, 3.63) is 89.7 Å². The predicted octanol–water partition coefficient (Wildman–Crippen LogP) is 4.76. The third-order valence-corrected chi connectivity index (χ3v) is 5.72. The van der Waals surface area contributed by atoms with E-state index in [0.717, 1.165) is 16.3 Å². The van der Waals surface area contributed by atoms with Gasteiger partial charge in [-0.3, -0.25) is 0 Å². The van der Waals surface area contributed by atoms with Crippen molar-refractivity contribution < 1.29 is 22.0 Å². The number of halogens is 5. The van der Waals surface area contributed by atoms with Crippen LogP contribution in [0.15, 0.2) is 60.7 Å². The van der Waals surface area contributed by atoms with Gasteiger partial charge in [-0.25, -0.2) is 22.0 Å². The van der Waals surface area contributed by atoms with Crippen molar-refractivity contribution in [2.24, 2.45) is 0 Å². The van der Waals surface area contributed by atoms with Gasteiger partial charge in [-0.05, 0) is 34.9 Å². The molecule has 148 valence electrons. The van der Waals surface area contributed by atoms with Crippen LogP contribution in [0.3, 0.4) is 0 Å². The van der Waals surface area contributed by atoms with E-state index >= 15 is 0 Å². The monoisotopic (exact) mass is 409 g/mol. The molecule has 30 heavy (non-hydrogen) atoms. The van der Waals surface area contributed by atoms with Crippen LogP contribution in [0.1, 0.15) is 0 Å². The molecule has 0 saturated carbocycles. The molecule has 0 unspecified atom stereocenters. The first-order valence-corrected chi connectivity index (χ1v) is 9.27. The molecule has 0 N–H and O–H groups in total. The predicted molar refractivity (Wildman–Crippen MR) is 109 cm³/mol. The molecule has 5 rings (SSSR count). The van der Waals surface area contributed by atoms with Crippen molar-refractivity contribution in [2.45, 2.75) is 0 Å². The second-order valence-electron chi connectivity index (χ2n) is 7.27. The van der Waals surface area contributed by atoms with E-state index in [1.165, 1.54) is 0 Å². The first-order valence-electron chi connectivity index (χ1n) is 9.27. The van der Waals surface area contributed by atoms with E-state index in [2.05, 4.69) is 0 Å². The number of anilines is 1. The molecular weight excluding hydrogens is 396 g/mol. The maximum absolute atomic E-state index is 14.7. The standard InChI is InChI=1S/C23H13BF5N/c1-30-16-11-10-12-6-2-3-7-13(12)17(16)14-8-4-5-9-15(14)24(30)18-19(25)21(27)23(29)22(28)20(18)26/h2-11H,1H3. The Morgan fingerprint density at radius 1 is 0.667 bits per heavy atom. The van der Waals surface area contributed by atoms with Crippen LogP contribution >= 0.6 is 0 Å². The summed E-state index contributed by atoms with van der Waals surface area (Å²) in [5.41, 5.74) is 1.79. The van der Waals surface area contributed by atoms with E-state index in [1.807, 2.05) is 30.3 Å². The van der Waals surface area contributed by atoms with E-state index in [0.29, 0.717) is 16.7 Å². The zero-order valence-electron chi connectivity index (χ0n) is 15.7. The number of hydrogen-bond acceptors (Lipinski definition) is 1. The van der Waals surface area contributed by atoms with Gasteiger partial charge >= 0.3 is 6.85 Å². The van der Waals surface area contributed by atoms with Crippen molar-refractivity contribution >= 4 is 34.2 Å². The summed E-state index contributed by atoms with van der Waals surface area (Å²) in [5.74, 6) is -9.69. The Morgan fingerprint density at radius 2 is 1.27 bits per heavy atom. The summed E-state index contributed by atoms with van der Waals surface area (Å²) < 4.78 is 71.1. The van der Waals surface area contributed by atoms with Crippen molar-refractivity contribution in [1.29, 1.82) is 0 Å². The lowest BCUT2D eigenvalue weighted by Gasteiger charge is -2.36. The SMILES string of the molecule is CN1B(c2c(F)c(F)c(F)c(F)c2F)c2ccccc2-c2c1ccc1ccccc21. The van der Waals surface area contributed by atoms with Crippen molar-refractivity contribution in [3.63, 3.8) is 0 Å². The second-order valence-corrected chi connectivity index (χ2v) is 7.27. The molecule has 4 aromatic carbocycles. The summed E-state index contributed by atoms with van der Waals surface area (Å²) >= 11 is 0. The highest BCUT2D eigenvalue weighted by molar-refractivity contribution is 6.90. The fourth-order valence-corrected chi connectivity index (χ4v) is 4.36. The minimum absolute atomic E-state index is 0.465. The van der Waals surface area contributed by atoms with Crippen LogP contribution in [0.25, 0.3) is 21.9 Å². The fourth-order valence-electron chi connectivity index (χ4n) is 4.36. The van der Waals surface area contributed by atoms with Gasteiger partial charge in [0.1, 0.15) is 0 Å². The Kier molecular flexibility index (Phi) is 4.10. The molecular formula is C23H13BF5N. The van der Waals surface area contributed by atoms with E-state index in [1.54, 1.807) is 42.2 Å². The van der Waals surface area contributed by atoms with E-state index in [9.17, 15) is 22.0 Å². The molecule has 0 radical (unpaired) electrons. The van der Waals surface area contributed by atoms with Crippen LogP contribution in [-0.4, -0.2) is 13.9 Å². The zero-order chi connectivity index (χ0) is 21.2. The number of fused-ring (bicyclic) bond motifs is 5. The van der Waals surface area contributed by atoms with Gasteiger partial charge in [0.15, 0.2) is 29.1 Å². The van der Waals surface area contributed by atoms with Gasteiger partial charge in [0.05, 0.1) is 0 Å². The Hall–Kier alpha value is -3.35. The Morgan fingerprint density at radius 3 is 2.00 bits per heavy atom. The van der Waals surface area contributed by atoms with Gasteiger partial charge in [0.2, 0.25) is 0 Å². The van der Waals surface area contributed by atoms with Gasteiger partial charge in [0.25, 0.3) is 0 Å². The molecule has 0 spiro atoms. The van der Waals surface area contributed by atoms with E-state index in [4.69, 9.17) is 0 Å².